The lowest BCUT2D eigenvalue weighted by atomic mass is 10.1. The van der Waals surface area contributed by atoms with Crippen LogP contribution in [0, 0.1) is 17.0 Å². The SMILES string of the molecule is Cc1ccccc1CN(c1ccccc1)c1cc(N2CCN(C)CC2)ccc1[N+](=O)[O-]. The van der Waals surface area contributed by atoms with Gasteiger partial charge in [-0.15, -0.1) is 0 Å². The van der Waals surface area contributed by atoms with E-state index in [1.54, 1.807) is 6.07 Å². The number of hydrogen-bond donors (Lipinski definition) is 0. The second kappa shape index (κ2) is 9.18. The van der Waals surface area contributed by atoms with Crippen LogP contribution >= 0.6 is 0 Å². The molecule has 1 saturated heterocycles. The van der Waals surface area contributed by atoms with Crippen molar-refractivity contribution < 1.29 is 4.92 Å². The number of nitro groups is 1. The molecule has 0 unspecified atom stereocenters. The highest BCUT2D eigenvalue weighted by atomic mass is 16.6. The summed E-state index contributed by atoms with van der Waals surface area (Å²) < 4.78 is 0. The highest BCUT2D eigenvalue weighted by Crippen LogP contribution is 2.38. The fraction of sp³-hybridized carbons (Fsp3) is 0.280. The van der Waals surface area contributed by atoms with Gasteiger partial charge in [0.05, 0.1) is 4.92 Å². The van der Waals surface area contributed by atoms with Crippen molar-refractivity contribution in [1.82, 2.24) is 4.90 Å². The van der Waals surface area contributed by atoms with Crippen LogP contribution in [0.25, 0.3) is 0 Å². The molecule has 0 aromatic heterocycles. The largest absolute Gasteiger partial charge is 0.369 e. The molecule has 160 valence electrons. The van der Waals surface area contributed by atoms with Crippen LogP contribution in [0.2, 0.25) is 0 Å². The molecule has 1 aliphatic heterocycles. The first kappa shape index (κ1) is 20.9. The van der Waals surface area contributed by atoms with E-state index in [1.807, 2.05) is 54.6 Å². The van der Waals surface area contributed by atoms with Crippen LogP contribution in [0.5, 0.6) is 0 Å². The number of aryl methyl sites for hydroxylation is 1. The summed E-state index contributed by atoms with van der Waals surface area (Å²) in [4.78, 5) is 18.4. The summed E-state index contributed by atoms with van der Waals surface area (Å²) in [6.45, 7) is 6.43. The third-order valence-electron chi connectivity index (χ3n) is 5.97. The van der Waals surface area contributed by atoms with Crippen molar-refractivity contribution in [3.05, 3.63) is 94.0 Å². The van der Waals surface area contributed by atoms with Crippen molar-refractivity contribution >= 4 is 22.7 Å². The summed E-state index contributed by atoms with van der Waals surface area (Å²) in [5.41, 5.74) is 5.02. The van der Waals surface area contributed by atoms with Gasteiger partial charge in [-0.1, -0.05) is 42.5 Å². The van der Waals surface area contributed by atoms with Crippen molar-refractivity contribution in [3.8, 4) is 0 Å². The van der Waals surface area contributed by atoms with Crippen LogP contribution in [0.3, 0.4) is 0 Å². The number of rotatable bonds is 6. The number of anilines is 3. The average Bonchev–Trinajstić information content (AvgIpc) is 2.79. The molecule has 1 heterocycles. The van der Waals surface area contributed by atoms with E-state index in [4.69, 9.17) is 0 Å². The van der Waals surface area contributed by atoms with Gasteiger partial charge in [0.15, 0.2) is 0 Å². The number of para-hydroxylation sites is 1. The van der Waals surface area contributed by atoms with E-state index >= 15 is 0 Å². The van der Waals surface area contributed by atoms with Gasteiger partial charge in [0.25, 0.3) is 5.69 Å². The highest BCUT2D eigenvalue weighted by Gasteiger charge is 2.24. The van der Waals surface area contributed by atoms with Crippen LogP contribution in [-0.4, -0.2) is 43.0 Å². The molecule has 0 aliphatic carbocycles. The number of nitrogens with zero attached hydrogens (tertiary/aromatic N) is 4. The molecule has 6 heteroatoms. The molecule has 3 aromatic carbocycles. The minimum absolute atomic E-state index is 0.121. The average molecular weight is 417 g/mol. The van der Waals surface area contributed by atoms with E-state index in [1.165, 1.54) is 5.56 Å². The predicted molar refractivity (Wildman–Crippen MR) is 126 cm³/mol. The maximum atomic E-state index is 12.0. The molecular formula is C25H28N4O2. The Morgan fingerprint density at radius 2 is 1.61 bits per heavy atom. The first-order valence-electron chi connectivity index (χ1n) is 10.6. The Bertz CT molecular complexity index is 1050. The van der Waals surface area contributed by atoms with Crippen molar-refractivity contribution in [2.75, 3.05) is 43.0 Å². The zero-order chi connectivity index (χ0) is 21.8. The van der Waals surface area contributed by atoms with Crippen LogP contribution in [-0.2, 0) is 6.54 Å². The third-order valence-corrected chi connectivity index (χ3v) is 5.97. The van der Waals surface area contributed by atoms with E-state index in [0.717, 1.165) is 43.1 Å². The first-order valence-corrected chi connectivity index (χ1v) is 10.6. The molecule has 6 nitrogen and oxygen atoms in total. The van der Waals surface area contributed by atoms with Crippen molar-refractivity contribution in [1.29, 1.82) is 0 Å². The van der Waals surface area contributed by atoms with Gasteiger partial charge in [-0.25, -0.2) is 0 Å². The molecular weight excluding hydrogens is 388 g/mol. The molecule has 31 heavy (non-hydrogen) atoms. The van der Waals surface area contributed by atoms with Gasteiger partial charge in [-0.2, -0.15) is 0 Å². The van der Waals surface area contributed by atoms with E-state index in [0.29, 0.717) is 12.2 Å². The Labute approximate surface area is 183 Å². The molecule has 0 spiro atoms. The summed E-state index contributed by atoms with van der Waals surface area (Å²) in [5.74, 6) is 0. The molecule has 0 N–H and O–H groups in total. The normalized spacial score (nSPS) is 14.5. The zero-order valence-electron chi connectivity index (χ0n) is 18.1. The smallest absolute Gasteiger partial charge is 0.293 e. The molecule has 4 rings (SSSR count). The highest BCUT2D eigenvalue weighted by molar-refractivity contribution is 5.76. The van der Waals surface area contributed by atoms with E-state index < -0.39 is 0 Å². The predicted octanol–water partition coefficient (Wildman–Crippen LogP) is 4.99. The summed E-state index contributed by atoms with van der Waals surface area (Å²) >= 11 is 0. The number of hydrogen-bond acceptors (Lipinski definition) is 5. The third kappa shape index (κ3) is 4.70. The molecule has 0 bridgehead atoms. The van der Waals surface area contributed by atoms with E-state index in [-0.39, 0.29) is 10.6 Å². The summed E-state index contributed by atoms with van der Waals surface area (Å²) in [6.07, 6.45) is 0. The quantitative estimate of drug-likeness (QED) is 0.418. The molecule has 1 aliphatic rings. The molecule has 1 fully saturated rings. The van der Waals surface area contributed by atoms with Gasteiger partial charge in [0.1, 0.15) is 5.69 Å². The lowest BCUT2D eigenvalue weighted by molar-refractivity contribution is -0.384. The standard InChI is InChI=1S/C25H28N4O2/c1-20-8-6-7-9-21(20)19-28(22-10-4-3-5-11-22)25-18-23(12-13-24(25)29(30)31)27-16-14-26(2)15-17-27/h3-13,18H,14-17,19H2,1-2H3. The van der Waals surface area contributed by atoms with Gasteiger partial charge in [0, 0.05) is 50.2 Å². The Morgan fingerprint density at radius 1 is 0.935 bits per heavy atom. The zero-order valence-corrected chi connectivity index (χ0v) is 18.1. The van der Waals surface area contributed by atoms with Crippen LogP contribution in [0.1, 0.15) is 11.1 Å². The van der Waals surface area contributed by atoms with Crippen LogP contribution in [0.4, 0.5) is 22.7 Å². The number of benzene rings is 3. The lowest BCUT2D eigenvalue weighted by Gasteiger charge is -2.35. The van der Waals surface area contributed by atoms with Crippen molar-refractivity contribution in [3.63, 3.8) is 0 Å². The molecule has 0 amide bonds. The van der Waals surface area contributed by atoms with Gasteiger partial charge >= 0.3 is 0 Å². The van der Waals surface area contributed by atoms with Crippen LogP contribution < -0.4 is 9.80 Å². The Morgan fingerprint density at radius 3 is 2.29 bits per heavy atom. The second-order valence-corrected chi connectivity index (χ2v) is 8.07. The number of piperazine rings is 1. The summed E-state index contributed by atoms with van der Waals surface area (Å²) in [7, 11) is 2.12. The van der Waals surface area contributed by atoms with Gasteiger partial charge in [-0.05, 0) is 49.4 Å². The molecule has 3 aromatic rings. The minimum Gasteiger partial charge on any atom is -0.369 e. The first-order chi connectivity index (χ1) is 15.0. The minimum atomic E-state index is -0.281. The molecule has 0 saturated carbocycles. The Kier molecular flexibility index (Phi) is 6.18. The van der Waals surface area contributed by atoms with Gasteiger partial charge in [-0.3, -0.25) is 10.1 Å². The maximum absolute atomic E-state index is 12.0. The van der Waals surface area contributed by atoms with Gasteiger partial charge in [0.2, 0.25) is 0 Å². The fourth-order valence-electron chi connectivity index (χ4n) is 4.03. The van der Waals surface area contributed by atoms with Crippen molar-refractivity contribution in [2.24, 2.45) is 0 Å². The topological polar surface area (TPSA) is 52.9 Å². The Hall–Kier alpha value is -3.38. The fourth-order valence-corrected chi connectivity index (χ4v) is 4.03. The lowest BCUT2D eigenvalue weighted by Crippen LogP contribution is -2.44. The molecule has 0 atom stereocenters. The maximum Gasteiger partial charge on any atom is 0.293 e. The van der Waals surface area contributed by atoms with E-state index in [9.17, 15) is 10.1 Å². The summed E-state index contributed by atoms with van der Waals surface area (Å²) in [5, 5.41) is 12.0. The molecule has 0 radical (unpaired) electrons. The van der Waals surface area contributed by atoms with Gasteiger partial charge < -0.3 is 14.7 Å². The monoisotopic (exact) mass is 416 g/mol. The summed E-state index contributed by atoms with van der Waals surface area (Å²) in [6, 6.07) is 23.6. The van der Waals surface area contributed by atoms with E-state index in [2.05, 4.69) is 40.8 Å². The number of likely N-dealkylation sites (N-methyl/N-ethyl adjacent to an activating group) is 1. The Balaban J connectivity index is 1.79. The van der Waals surface area contributed by atoms with Crippen molar-refractivity contribution in [2.45, 2.75) is 13.5 Å². The second-order valence-electron chi connectivity index (χ2n) is 8.07. The number of nitro benzene ring substituents is 1. The van der Waals surface area contributed by atoms with Crippen LogP contribution in [0.15, 0.2) is 72.8 Å².